The number of fused-ring (bicyclic) bond motifs is 1. The Bertz CT molecular complexity index is 2740. The number of likely N-dealkylation sites (tertiary alicyclic amines) is 1. The van der Waals surface area contributed by atoms with Gasteiger partial charge in [-0.2, -0.15) is 0 Å². The third kappa shape index (κ3) is 11.1. The number of hydrogen-bond acceptors (Lipinski definition) is 17. The Hall–Kier alpha value is -6.25. The number of piperidine rings is 1. The molecule has 0 aliphatic carbocycles. The largest absolute Gasteiger partial charge is 0.507 e. The van der Waals surface area contributed by atoms with Gasteiger partial charge in [0.1, 0.15) is 28.6 Å². The minimum Gasteiger partial charge on any atom is -0.507 e. The summed E-state index contributed by atoms with van der Waals surface area (Å²) in [5.41, 5.74) is 1.95. The molecule has 384 valence electrons. The van der Waals surface area contributed by atoms with E-state index >= 15 is 0 Å². The number of carbonyl (C=O) groups is 4. The van der Waals surface area contributed by atoms with Gasteiger partial charge in [0.25, 0.3) is 17.6 Å². The van der Waals surface area contributed by atoms with Gasteiger partial charge in [-0.15, -0.1) is 0 Å². The second-order valence-corrected chi connectivity index (χ2v) is 19.7. The number of pyridine rings is 1. The van der Waals surface area contributed by atoms with Crippen LogP contribution in [0.3, 0.4) is 0 Å². The van der Waals surface area contributed by atoms with Gasteiger partial charge in [-0.1, -0.05) is 59.8 Å². The molecule has 9 atom stereocenters. The highest BCUT2D eigenvalue weighted by Crippen LogP contribution is 2.50. The molecule has 4 aliphatic heterocycles. The summed E-state index contributed by atoms with van der Waals surface area (Å²) in [4.78, 5) is 68.2. The number of rotatable bonds is 5. The molecule has 71 heavy (non-hydrogen) atoms. The van der Waals surface area contributed by atoms with Crippen molar-refractivity contribution < 1.29 is 58.6 Å². The molecule has 0 unspecified atom stereocenters. The lowest BCUT2D eigenvalue weighted by Crippen LogP contribution is -2.46. The number of nitrogens with one attached hydrogen (secondary N) is 2. The SMILES string of the molecule is CO[C@H]1/C=C\O[C@@]2(C)Oc3c(C)c(O)c4c(O)c(c5c(c4c3C2=O)=NC2(CCN(CC(C)C)CC2)N=5)NC(=O)/C(C)=C/C=C\[C@H](C)[C@H](O)[C@@H](C)[C@@H](O)[C@@H](C)[C@@H](OC(C)=O)[C@H]1C.NNC(=O)c1ccncc1. The highest BCUT2D eigenvalue weighted by molar-refractivity contribution is 6.19. The van der Waals surface area contributed by atoms with Crippen LogP contribution in [0.15, 0.2) is 70.7 Å². The van der Waals surface area contributed by atoms with E-state index in [1.165, 1.54) is 39.6 Å². The lowest BCUT2D eigenvalue weighted by Gasteiger charge is -2.38. The number of nitrogens with zero attached hydrogens (tertiary/aromatic N) is 4. The second-order valence-electron chi connectivity index (χ2n) is 19.7. The normalized spacial score (nSPS) is 29.3. The zero-order chi connectivity index (χ0) is 52.3. The van der Waals surface area contributed by atoms with Crippen LogP contribution in [-0.2, 0) is 23.8 Å². The highest BCUT2D eigenvalue weighted by atomic mass is 16.7. The Morgan fingerprint density at radius 2 is 1.61 bits per heavy atom. The minimum atomic E-state index is -1.96. The molecule has 0 radical (unpaired) electrons. The van der Waals surface area contributed by atoms with Crippen molar-refractivity contribution in [3.63, 3.8) is 0 Å². The molecule has 1 saturated heterocycles. The standard InChI is InChI=1S/C46H62N4O11.C6H7N3O/c1-22(2)21-50-18-16-46(17-19-50)48-34-31-32-39(54)28(8)42-33(31)43(56)45(10,61-42)59-20-15-30(58-11)25(5)41(60-29(9)51)27(7)38(53)26(6)37(52)23(3)13-12-14-24(4)44(57)47-36(40(32)55)35(34)49-46;7-9-6(10)5-1-3-8-4-2-5/h12-15,20,22-23,25-27,30,37-38,41,52-55H,16-19,21H2,1-11H3,(H,47,57);1-4H,7H2,(H,9,10)/b13-12-,20-15-,24-14+;/t23-,25-,26+,27+,30-,37-,38+,41-,45-;/m0./s1. The van der Waals surface area contributed by atoms with Crippen molar-refractivity contribution in [2.45, 2.75) is 118 Å². The second kappa shape index (κ2) is 22.0. The number of aromatic hydroxyl groups is 2. The molecule has 19 nitrogen and oxygen atoms in total. The van der Waals surface area contributed by atoms with E-state index in [9.17, 15) is 39.6 Å². The van der Waals surface area contributed by atoms with E-state index in [-0.39, 0.29) is 61.3 Å². The van der Waals surface area contributed by atoms with Gasteiger partial charge in [-0.3, -0.25) is 39.6 Å². The fraction of sp³-hybridized carbons (Fsp3) is 0.519. The number of ether oxygens (including phenoxy) is 4. The van der Waals surface area contributed by atoms with Gasteiger partial charge < -0.3 is 49.6 Å². The number of nitrogen functional groups attached to an aromatic ring is 1. The van der Waals surface area contributed by atoms with Gasteiger partial charge in [0.15, 0.2) is 11.4 Å². The average molecular weight is 984 g/mol. The van der Waals surface area contributed by atoms with Crippen molar-refractivity contribution in [3.8, 4) is 17.2 Å². The molecule has 1 aromatic heterocycles. The number of esters is 1. The third-order valence-corrected chi connectivity index (χ3v) is 14.0. The summed E-state index contributed by atoms with van der Waals surface area (Å²) in [6.45, 7) is 19.5. The number of ketones is 1. The lowest BCUT2D eigenvalue weighted by molar-refractivity contribution is -0.160. The number of anilines is 1. The number of amides is 2. The molecule has 4 bridgehead atoms. The van der Waals surface area contributed by atoms with Crippen LogP contribution in [-0.4, -0.2) is 116 Å². The van der Waals surface area contributed by atoms with Gasteiger partial charge in [-0.25, -0.2) is 5.84 Å². The minimum absolute atomic E-state index is 0.0364. The van der Waals surface area contributed by atoms with Crippen molar-refractivity contribution in [2.75, 3.05) is 32.1 Å². The van der Waals surface area contributed by atoms with Gasteiger partial charge >= 0.3 is 11.8 Å². The van der Waals surface area contributed by atoms with E-state index in [0.29, 0.717) is 37.4 Å². The zero-order valence-corrected chi connectivity index (χ0v) is 42.3. The Morgan fingerprint density at radius 3 is 2.21 bits per heavy atom. The van der Waals surface area contributed by atoms with Gasteiger partial charge in [-0.05, 0) is 38.0 Å². The fourth-order valence-corrected chi connectivity index (χ4v) is 9.79. The van der Waals surface area contributed by atoms with Crippen LogP contribution in [0, 0.1) is 36.5 Å². The number of benzene rings is 2. The number of nitrogens with two attached hydrogens (primary N) is 1. The number of Topliss-reactive ketones (excluding diaryl/α,β-unsaturated/α-hetero) is 1. The summed E-state index contributed by atoms with van der Waals surface area (Å²) in [6, 6.07) is 3.17. The van der Waals surface area contributed by atoms with Crippen molar-refractivity contribution in [1.82, 2.24) is 15.3 Å². The maximum atomic E-state index is 14.7. The summed E-state index contributed by atoms with van der Waals surface area (Å²) in [5, 5.41) is 50.2. The molecule has 0 saturated carbocycles. The van der Waals surface area contributed by atoms with Crippen LogP contribution in [0.2, 0.25) is 0 Å². The number of phenols is 2. The van der Waals surface area contributed by atoms with Crippen molar-refractivity contribution in [3.05, 3.63) is 88.1 Å². The first-order valence-electron chi connectivity index (χ1n) is 24.0. The highest BCUT2D eigenvalue weighted by Gasteiger charge is 2.50. The summed E-state index contributed by atoms with van der Waals surface area (Å²) < 4.78 is 24.0. The lowest BCUT2D eigenvalue weighted by atomic mass is 9.78. The van der Waals surface area contributed by atoms with Crippen LogP contribution in [0.5, 0.6) is 17.2 Å². The maximum Gasteiger partial charge on any atom is 0.312 e. The third-order valence-electron chi connectivity index (χ3n) is 14.0. The molecule has 4 aliphatic rings. The summed E-state index contributed by atoms with van der Waals surface area (Å²) in [6.07, 6.45) is 8.10. The first-order valence-corrected chi connectivity index (χ1v) is 24.0. The molecule has 19 heteroatoms. The molecule has 1 fully saturated rings. The number of hydrogen-bond donors (Lipinski definition) is 7. The number of methoxy groups -OCH3 is 1. The Balaban J connectivity index is 0.000000734. The predicted octanol–water partition coefficient (Wildman–Crippen LogP) is 4.43. The van der Waals surface area contributed by atoms with Crippen molar-refractivity contribution in [2.24, 2.45) is 45.4 Å². The quantitative estimate of drug-likeness (QED) is 0.0612. The van der Waals surface area contributed by atoms with E-state index < -0.39 is 82.9 Å². The van der Waals surface area contributed by atoms with Crippen molar-refractivity contribution in [1.29, 1.82) is 0 Å². The van der Waals surface area contributed by atoms with E-state index in [2.05, 4.69) is 29.0 Å². The molecule has 3 aromatic rings. The summed E-state index contributed by atoms with van der Waals surface area (Å²) in [5.74, 6) is -1.86. The summed E-state index contributed by atoms with van der Waals surface area (Å²) in [7, 11) is 1.47. The number of hydrazine groups is 1. The number of phenolic OH excluding ortho intramolecular Hbond substituents is 2. The number of carbonyl (C=O) groups excluding carboxylic acids is 4. The molecule has 5 heterocycles. The summed E-state index contributed by atoms with van der Waals surface area (Å²) >= 11 is 0. The molecular weight excluding hydrogens is 915 g/mol. The average Bonchev–Trinajstić information content (AvgIpc) is 3.84. The van der Waals surface area contributed by atoms with E-state index in [4.69, 9.17) is 34.8 Å². The van der Waals surface area contributed by atoms with Crippen molar-refractivity contribution >= 4 is 40.0 Å². The smallest absolute Gasteiger partial charge is 0.312 e. The molecule has 2 aromatic carbocycles. The molecule has 2 amide bonds. The molecule has 1 spiro atoms. The van der Waals surface area contributed by atoms with E-state index in [0.717, 1.165) is 6.54 Å². The van der Waals surface area contributed by atoms with Gasteiger partial charge in [0.2, 0.25) is 0 Å². The van der Waals surface area contributed by atoms with Gasteiger partial charge in [0.05, 0.1) is 40.9 Å². The van der Waals surface area contributed by atoms with Crippen LogP contribution < -0.4 is 32.0 Å². The molecule has 8 N–H and O–H groups in total. The van der Waals surface area contributed by atoms with Crippen LogP contribution in [0.4, 0.5) is 5.69 Å². The zero-order valence-electron chi connectivity index (χ0n) is 42.3. The van der Waals surface area contributed by atoms with E-state index in [1.807, 2.05) is 5.43 Å². The van der Waals surface area contributed by atoms with Crippen LogP contribution in [0.25, 0.3) is 10.8 Å². The van der Waals surface area contributed by atoms with Crippen LogP contribution >= 0.6 is 0 Å². The number of aliphatic hydroxyl groups excluding tert-OH is 2. The number of aliphatic hydroxyl groups is 2. The fourth-order valence-electron chi connectivity index (χ4n) is 9.79. The molecular formula is C52H69N7O12. The van der Waals surface area contributed by atoms with Gasteiger partial charge in [0, 0.05) is 112 Å². The Morgan fingerprint density at radius 1 is 0.958 bits per heavy atom. The van der Waals surface area contributed by atoms with E-state index in [1.54, 1.807) is 78.0 Å². The molecule has 7 rings (SSSR count). The first kappa shape index (κ1) is 54.1. The number of aromatic nitrogens is 1. The predicted molar refractivity (Wildman–Crippen MR) is 264 cm³/mol. The Kier molecular flexibility index (Phi) is 16.8. The number of allylic oxidation sites excluding steroid dienone is 2. The first-order chi connectivity index (χ1) is 33.5. The maximum absolute atomic E-state index is 14.7. The monoisotopic (exact) mass is 984 g/mol. The van der Waals surface area contributed by atoms with Crippen LogP contribution in [0.1, 0.15) is 101 Å². The topological polar surface area (TPSA) is 277 Å². The Labute approximate surface area is 413 Å².